The van der Waals surface area contributed by atoms with Gasteiger partial charge in [-0.15, -0.1) is 0 Å². The van der Waals surface area contributed by atoms with Crippen molar-refractivity contribution in [3.63, 3.8) is 0 Å². The van der Waals surface area contributed by atoms with Gasteiger partial charge < -0.3 is 9.64 Å². The zero-order valence-electron chi connectivity index (χ0n) is 12.5. The Hall–Kier alpha value is -0.650. The van der Waals surface area contributed by atoms with Crippen molar-refractivity contribution < 1.29 is 9.53 Å². The summed E-state index contributed by atoms with van der Waals surface area (Å²) >= 11 is 0. The van der Waals surface area contributed by atoms with E-state index in [1.165, 1.54) is 12.8 Å². The summed E-state index contributed by atoms with van der Waals surface area (Å²) in [4.78, 5) is 18.4. The predicted octanol–water partition coefficient (Wildman–Crippen LogP) is 0.260. The molecule has 0 aromatic carbocycles. The van der Waals surface area contributed by atoms with Gasteiger partial charge in [0, 0.05) is 53.4 Å². The second-order valence-corrected chi connectivity index (χ2v) is 5.88. The molecule has 2 aliphatic heterocycles. The molecule has 5 nitrogen and oxygen atoms in total. The standard InChI is InChI=1S/C14H27N3O2/c1-12(14(18)15(2)3)17-8-6-16(7-9-17)11-13-5-4-10-19-13/h12-13H,4-11H2,1-3H3. The molecule has 1 amide bonds. The van der Waals surface area contributed by atoms with Crippen LogP contribution in [0.25, 0.3) is 0 Å². The van der Waals surface area contributed by atoms with Gasteiger partial charge in [0.15, 0.2) is 0 Å². The summed E-state index contributed by atoms with van der Waals surface area (Å²) in [5, 5.41) is 0. The third-order valence-electron chi connectivity index (χ3n) is 4.24. The van der Waals surface area contributed by atoms with Gasteiger partial charge in [-0.1, -0.05) is 0 Å². The summed E-state index contributed by atoms with van der Waals surface area (Å²) in [5.74, 6) is 0.201. The average molecular weight is 269 g/mol. The van der Waals surface area contributed by atoms with Crippen LogP contribution < -0.4 is 0 Å². The van der Waals surface area contributed by atoms with E-state index in [2.05, 4.69) is 9.80 Å². The SMILES string of the molecule is CC(C(=O)N(C)C)N1CCN(CC2CCCO2)CC1. The van der Waals surface area contributed by atoms with Crippen molar-refractivity contribution in [2.45, 2.75) is 31.9 Å². The van der Waals surface area contributed by atoms with E-state index < -0.39 is 0 Å². The molecular weight excluding hydrogens is 242 g/mol. The second-order valence-electron chi connectivity index (χ2n) is 5.88. The van der Waals surface area contributed by atoms with Crippen LogP contribution in [0.3, 0.4) is 0 Å². The van der Waals surface area contributed by atoms with Crippen LogP contribution >= 0.6 is 0 Å². The summed E-state index contributed by atoms with van der Waals surface area (Å²) in [5.41, 5.74) is 0. The van der Waals surface area contributed by atoms with E-state index >= 15 is 0 Å². The monoisotopic (exact) mass is 269 g/mol. The van der Waals surface area contributed by atoms with Gasteiger partial charge in [0.25, 0.3) is 0 Å². The molecule has 2 saturated heterocycles. The van der Waals surface area contributed by atoms with Gasteiger partial charge in [0.1, 0.15) is 0 Å². The molecule has 0 bridgehead atoms. The Morgan fingerprint density at radius 2 is 2.00 bits per heavy atom. The molecule has 0 N–H and O–H groups in total. The van der Waals surface area contributed by atoms with Crippen LogP contribution in [0.4, 0.5) is 0 Å². The molecule has 2 heterocycles. The van der Waals surface area contributed by atoms with E-state index in [1.54, 1.807) is 4.90 Å². The van der Waals surface area contributed by atoms with Crippen molar-refractivity contribution in [3.8, 4) is 0 Å². The number of likely N-dealkylation sites (N-methyl/N-ethyl adjacent to an activating group) is 1. The maximum Gasteiger partial charge on any atom is 0.239 e. The fraction of sp³-hybridized carbons (Fsp3) is 0.929. The number of piperazine rings is 1. The lowest BCUT2D eigenvalue weighted by molar-refractivity contribution is -0.134. The Morgan fingerprint density at radius 1 is 1.32 bits per heavy atom. The topological polar surface area (TPSA) is 36.0 Å². The van der Waals surface area contributed by atoms with Crippen LogP contribution in [0.2, 0.25) is 0 Å². The number of hydrogen-bond acceptors (Lipinski definition) is 4. The Kier molecular flexibility index (Phi) is 5.19. The summed E-state index contributed by atoms with van der Waals surface area (Å²) in [7, 11) is 3.65. The third kappa shape index (κ3) is 3.91. The molecule has 0 aromatic heterocycles. The third-order valence-corrected chi connectivity index (χ3v) is 4.24. The maximum absolute atomic E-state index is 12.0. The van der Waals surface area contributed by atoms with Gasteiger partial charge in [0.2, 0.25) is 5.91 Å². The Bertz CT molecular complexity index is 295. The summed E-state index contributed by atoms with van der Waals surface area (Å²) in [6.07, 6.45) is 2.85. The van der Waals surface area contributed by atoms with E-state index in [4.69, 9.17) is 4.74 Å². The molecule has 2 fully saturated rings. The van der Waals surface area contributed by atoms with E-state index in [9.17, 15) is 4.79 Å². The molecule has 2 aliphatic rings. The first-order chi connectivity index (χ1) is 9.08. The van der Waals surface area contributed by atoms with Gasteiger partial charge in [-0.3, -0.25) is 14.6 Å². The van der Waals surface area contributed by atoms with Crippen molar-refractivity contribution in [1.29, 1.82) is 0 Å². The van der Waals surface area contributed by atoms with E-state index in [0.717, 1.165) is 39.3 Å². The van der Waals surface area contributed by atoms with Crippen molar-refractivity contribution >= 4 is 5.91 Å². The fourth-order valence-electron chi connectivity index (χ4n) is 2.94. The minimum Gasteiger partial charge on any atom is -0.377 e. The van der Waals surface area contributed by atoms with Crippen LogP contribution in [-0.2, 0) is 9.53 Å². The number of nitrogens with zero attached hydrogens (tertiary/aromatic N) is 3. The number of rotatable bonds is 4. The summed E-state index contributed by atoms with van der Waals surface area (Å²) < 4.78 is 5.68. The number of carbonyl (C=O) groups excluding carboxylic acids is 1. The molecule has 0 spiro atoms. The molecule has 19 heavy (non-hydrogen) atoms. The van der Waals surface area contributed by atoms with Gasteiger partial charge in [0.05, 0.1) is 12.1 Å². The molecule has 2 unspecified atom stereocenters. The van der Waals surface area contributed by atoms with Crippen LogP contribution in [0.5, 0.6) is 0 Å². The zero-order chi connectivity index (χ0) is 13.8. The molecule has 5 heteroatoms. The lowest BCUT2D eigenvalue weighted by Crippen LogP contribution is -2.54. The Labute approximate surface area is 116 Å². The number of hydrogen-bond donors (Lipinski definition) is 0. The molecule has 0 radical (unpaired) electrons. The quantitative estimate of drug-likeness (QED) is 0.733. The van der Waals surface area contributed by atoms with Crippen molar-refractivity contribution in [2.75, 3.05) is 53.4 Å². The Morgan fingerprint density at radius 3 is 2.53 bits per heavy atom. The Balaban J connectivity index is 1.73. The van der Waals surface area contributed by atoms with Gasteiger partial charge in [-0.05, 0) is 19.8 Å². The highest BCUT2D eigenvalue weighted by molar-refractivity contribution is 5.80. The fourth-order valence-corrected chi connectivity index (χ4v) is 2.94. The highest BCUT2D eigenvalue weighted by Gasteiger charge is 2.28. The summed E-state index contributed by atoms with van der Waals surface area (Å²) in [6, 6.07) is -0.000111. The first-order valence-corrected chi connectivity index (χ1v) is 7.37. The van der Waals surface area contributed by atoms with Crippen LogP contribution in [-0.4, -0.2) is 86.2 Å². The molecule has 0 aromatic rings. The minimum absolute atomic E-state index is 0.000111. The summed E-state index contributed by atoms with van der Waals surface area (Å²) in [6.45, 7) is 8.05. The first-order valence-electron chi connectivity index (χ1n) is 7.37. The van der Waals surface area contributed by atoms with Crippen LogP contribution in [0.15, 0.2) is 0 Å². The van der Waals surface area contributed by atoms with Gasteiger partial charge >= 0.3 is 0 Å². The van der Waals surface area contributed by atoms with Gasteiger partial charge in [-0.25, -0.2) is 0 Å². The molecule has 0 saturated carbocycles. The van der Waals surface area contributed by atoms with Crippen molar-refractivity contribution in [1.82, 2.24) is 14.7 Å². The normalized spacial score (nSPS) is 27.4. The second kappa shape index (κ2) is 6.68. The smallest absolute Gasteiger partial charge is 0.239 e. The minimum atomic E-state index is -0.000111. The van der Waals surface area contributed by atoms with Crippen molar-refractivity contribution in [2.24, 2.45) is 0 Å². The van der Waals surface area contributed by atoms with Crippen LogP contribution in [0, 0.1) is 0 Å². The molecule has 110 valence electrons. The zero-order valence-corrected chi connectivity index (χ0v) is 12.5. The molecule has 2 atom stereocenters. The van der Waals surface area contributed by atoms with Crippen LogP contribution in [0.1, 0.15) is 19.8 Å². The lowest BCUT2D eigenvalue weighted by Gasteiger charge is -2.38. The van der Waals surface area contributed by atoms with Gasteiger partial charge in [-0.2, -0.15) is 0 Å². The van der Waals surface area contributed by atoms with Crippen molar-refractivity contribution in [3.05, 3.63) is 0 Å². The number of amides is 1. The average Bonchev–Trinajstić information content (AvgIpc) is 2.90. The van der Waals surface area contributed by atoms with E-state index in [0.29, 0.717) is 6.10 Å². The predicted molar refractivity (Wildman–Crippen MR) is 75.1 cm³/mol. The molecular formula is C14H27N3O2. The number of ether oxygens (including phenoxy) is 1. The first kappa shape index (κ1) is 14.8. The number of carbonyl (C=O) groups is 1. The highest BCUT2D eigenvalue weighted by Crippen LogP contribution is 2.15. The highest BCUT2D eigenvalue weighted by atomic mass is 16.5. The van der Waals surface area contributed by atoms with E-state index in [1.807, 2.05) is 21.0 Å². The lowest BCUT2D eigenvalue weighted by atomic mass is 10.2. The molecule has 2 rings (SSSR count). The largest absolute Gasteiger partial charge is 0.377 e. The van der Waals surface area contributed by atoms with E-state index in [-0.39, 0.29) is 11.9 Å². The maximum atomic E-state index is 12.0. The molecule has 0 aliphatic carbocycles.